The Morgan fingerprint density at radius 3 is 2.46 bits per heavy atom. The van der Waals surface area contributed by atoms with Gasteiger partial charge < -0.3 is 21.3 Å². The Kier molecular flexibility index (Phi) is 9.73. The summed E-state index contributed by atoms with van der Waals surface area (Å²) in [6.07, 6.45) is 3.35. The Labute approximate surface area is 208 Å². The molecule has 2 aromatic rings. The molecule has 0 unspecified atom stereocenters. The molecule has 0 bridgehead atoms. The van der Waals surface area contributed by atoms with Crippen molar-refractivity contribution in [2.45, 2.75) is 45.1 Å². The van der Waals surface area contributed by atoms with E-state index in [9.17, 15) is 9.59 Å². The maximum absolute atomic E-state index is 12.8. The second-order valence-corrected chi connectivity index (χ2v) is 8.97. The molecule has 0 spiro atoms. The Hall–Kier alpha value is -3.79. The molecule has 0 aromatic heterocycles. The van der Waals surface area contributed by atoms with E-state index < -0.39 is 6.04 Å². The molecular weight excluding hydrogens is 438 g/mol. The second-order valence-electron chi connectivity index (χ2n) is 8.97. The highest BCUT2D eigenvalue weighted by atomic mass is 16.2. The Morgan fingerprint density at radius 1 is 1.11 bits per heavy atom. The van der Waals surface area contributed by atoms with Crippen molar-refractivity contribution in [2.24, 2.45) is 11.7 Å². The number of hydrogen-bond acceptors (Lipinski definition) is 3. The summed E-state index contributed by atoms with van der Waals surface area (Å²) >= 11 is 0. The lowest BCUT2D eigenvalue weighted by Crippen LogP contribution is -2.49. The van der Waals surface area contributed by atoms with Gasteiger partial charge in [0.25, 0.3) is 0 Å². The summed E-state index contributed by atoms with van der Waals surface area (Å²) in [5, 5.41) is 13.5. The van der Waals surface area contributed by atoms with Gasteiger partial charge in [0.1, 0.15) is 6.04 Å². The molecule has 1 heterocycles. The largest absolute Gasteiger partial charge is 0.370 e. The van der Waals surface area contributed by atoms with Gasteiger partial charge in [-0.2, -0.15) is 0 Å². The van der Waals surface area contributed by atoms with Gasteiger partial charge in [-0.3, -0.25) is 15.0 Å². The van der Waals surface area contributed by atoms with Crippen molar-refractivity contribution in [3.8, 4) is 11.8 Å². The van der Waals surface area contributed by atoms with E-state index in [0.29, 0.717) is 25.9 Å². The van der Waals surface area contributed by atoms with Crippen LogP contribution in [0.5, 0.6) is 0 Å². The number of carbonyl (C=O) groups excluding carboxylic acids is 2. The van der Waals surface area contributed by atoms with Gasteiger partial charge >= 0.3 is 0 Å². The molecule has 2 atom stereocenters. The fourth-order valence-electron chi connectivity index (χ4n) is 4.17. The number of rotatable bonds is 8. The van der Waals surface area contributed by atoms with E-state index in [-0.39, 0.29) is 23.7 Å². The third-order valence-corrected chi connectivity index (χ3v) is 6.05. The molecule has 3 rings (SSSR count). The van der Waals surface area contributed by atoms with Crippen LogP contribution in [0.25, 0.3) is 0 Å². The van der Waals surface area contributed by atoms with E-state index in [1.807, 2.05) is 61.5 Å². The minimum absolute atomic E-state index is 0.0452. The maximum Gasteiger partial charge on any atom is 0.242 e. The van der Waals surface area contributed by atoms with Gasteiger partial charge in [0.15, 0.2) is 5.96 Å². The zero-order chi connectivity index (χ0) is 25.0. The quantitative estimate of drug-likeness (QED) is 0.268. The summed E-state index contributed by atoms with van der Waals surface area (Å²) < 4.78 is 0. The van der Waals surface area contributed by atoms with Crippen molar-refractivity contribution in [1.82, 2.24) is 15.5 Å². The van der Waals surface area contributed by atoms with Gasteiger partial charge in [0.05, 0.1) is 0 Å². The van der Waals surface area contributed by atoms with Crippen molar-refractivity contribution >= 4 is 17.8 Å². The Morgan fingerprint density at radius 2 is 1.80 bits per heavy atom. The molecule has 1 fully saturated rings. The van der Waals surface area contributed by atoms with Crippen LogP contribution in [0.1, 0.15) is 49.3 Å². The molecule has 2 amide bonds. The number of amides is 2. The lowest BCUT2D eigenvalue weighted by atomic mass is 9.94. The molecule has 0 saturated carbocycles. The number of hydrogen-bond donors (Lipinski definition) is 4. The van der Waals surface area contributed by atoms with E-state index in [0.717, 1.165) is 42.5 Å². The smallest absolute Gasteiger partial charge is 0.242 e. The number of likely N-dealkylation sites (tertiary alicyclic amines) is 1. The van der Waals surface area contributed by atoms with Crippen molar-refractivity contribution in [3.63, 3.8) is 0 Å². The standard InChI is InChI=1S/C28H35N5O2/c1-2-16-31-27(35)25(32-26(34)19-24-9-6-17-33(20-24)28(29)30)18-23-14-12-22(13-15-23)11-10-21-7-4-3-5-8-21/h3-5,7-8,12-15,24-25H,2,6,9,16-20H2,1H3,(H3,29,30)(H,31,35)(H,32,34)/t24-,25+/m1/s1. The highest BCUT2D eigenvalue weighted by molar-refractivity contribution is 5.88. The number of nitrogens with one attached hydrogen (secondary N) is 3. The summed E-state index contributed by atoms with van der Waals surface area (Å²) in [5.74, 6) is 6.13. The van der Waals surface area contributed by atoms with Crippen LogP contribution in [-0.2, 0) is 16.0 Å². The first-order valence-electron chi connectivity index (χ1n) is 12.3. The fourth-order valence-corrected chi connectivity index (χ4v) is 4.17. The lowest BCUT2D eigenvalue weighted by molar-refractivity contribution is -0.129. The van der Waals surface area contributed by atoms with Crippen LogP contribution in [0.15, 0.2) is 54.6 Å². The highest BCUT2D eigenvalue weighted by Crippen LogP contribution is 2.19. The number of piperidine rings is 1. The lowest BCUT2D eigenvalue weighted by Gasteiger charge is -2.32. The van der Waals surface area contributed by atoms with Crippen molar-refractivity contribution < 1.29 is 9.59 Å². The first kappa shape index (κ1) is 25.8. The summed E-state index contributed by atoms with van der Waals surface area (Å²) in [5.41, 5.74) is 8.42. The Bertz CT molecular complexity index is 1060. The molecule has 35 heavy (non-hydrogen) atoms. The van der Waals surface area contributed by atoms with Crippen molar-refractivity contribution in [2.75, 3.05) is 19.6 Å². The van der Waals surface area contributed by atoms with E-state index >= 15 is 0 Å². The third-order valence-electron chi connectivity index (χ3n) is 6.05. The van der Waals surface area contributed by atoms with E-state index in [1.165, 1.54) is 0 Å². The first-order chi connectivity index (χ1) is 16.9. The molecule has 5 N–H and O–H groups in total. The van der Waals surface area contributed by atoms with Crippen LogP contribution in [0.4, 0.5) is 0 Å². The minimum atomic E-state index is -0.650. The van der Waals surface area contributed by atoms with Crippen LogP contribution in [0, 0.1) is 23.2 Å². The van der Waals surface area contributed by atoms with Crippen molar-refractivity contribution in [1.29, 1.82) is 5.41 Å². The topological polar surface area (TPSA) is 111 Å². The summed E-state index contributed by atoms with van der Waals surface area (Å²) in [6, 6.07) is 16.9. The minimum Gasteiger partial charge on any atom is -0.370 e. The maximum atomic E-state index is 12.8. The molecular formula is C28H35N5O2. The van der Waals surface area contributed by atoms with Crippen LogP contribution < -0.4 is 16.4 Å². The van der Waals surface area contributed by atoms with Gasteiger partial charge in [0.2, 0.25) is 11.8 Å². The predicted molar refractivity (Wildman–Crippen MR) is 139 cm³/mol. The first-order valence-corrected chi connectivity index (χ1v) is 12.3. The summed E-state index contributed by atoms with van der Waals surface area (Å²) in [6.45, 7) is 3.91. The van der Waals surface area contributed by atoms with Crippen LogP contribution in [-0.4, -0.2) is 48.3 Å². The molecule has 1 saturated heterocycles. The van der Waals surface area contributed by atoms with Crippen LogP contribution >= 0.6 is 0 Å². The van der Waals surface area contributed by atoms with E-state index in [1.54, 1.807) is 4.90 Å². The molecule has 1 aliphatic heterocycles. The van der Waals surface area contributed by atoms with Crippen LogP contribution in [0.2, 0.25) is 0 Å². The predicted octanol–water partition coefficient (Wildman–Crippen LogP) is 2.64. The SMILES string of the molecule is CCCNC(=O)[C@H](Cc1ccc(C#Cc2ccccc2)cc1)NC(=O)C[C@H]1CCCN(C(=N)N)C1. The molecule has 1 aliphatic rings. The number of guanidine groups is 1. The van der Waals surface area contributed by atoms with Crippen molar-refractivity contribution in [3.05, 3.63) is 71.3 Å². The number of carbonyl (C=O) groups is 2. The van der Waals surface area contributed by atoms with Gasteiger partial charge in [-0.25, -0.2) is 0 Å². The third kappa shape index (κ3) is 8.49. The van der Waals surface area contributed by atoms with Gasteiger partial charge in [-0.1, -0.05) is 49.1 Å². The zero-order valence-corrected chi connectivity index (χ0v) is 20.3. The number of nitrogens with zero attached hydrogens (tertiary/aromatic N) is 1. The molecule has 2 aromatic carbocycles. The van der Waals surface area contributed by atoms with Gasteiger partial charge in [0, 0.05) is 43.6 Å². The summed E-state index contributed by atoms with van der Waals surface area (Å²) in [4.78, 5) is 27.4. The molecule has 7 nitrogen and oxygen atoms in total. The number of benzene rings is 2. The van der Waals surface area contributed by atoms with Gasteiger partial charge in [-0.15, -0.1) is 0 Å². The Balaban J connectivity index is 1.62. The van der Waals surface area contributed by atoms with Crippen LogP contribution in [0.3, 0.4) is 0 Å². The normalized spacial score (nSPS) is 15.9. The van der Waals surface area contributed by atoms with E-state index in [4.69, 9.17) is 11.1 Å². The number of nitrogens with two attached hydrogens (primary N) is 1. The summed E-state index contributed by atoms with van der Waals surface area (Å²) in [7, 11) is 0. The average molecular weight is 474 g/mol. The molecule has 7 heteroatoms. The molecule has 0 radical (unpaired) electrons. The second kappa shape index (κ2) is 13.2. The monoisotopic (exact) mass is 473 g/mol. The zero-order valence-electron chi connectivity index (χ0n) is 20.3. The van der Waals surface area contributed by atoms with E-state index in [2.05, 4.69) is 22.5 Å². The fraction of sp³-hybridized carbons (Fsp3) is 0.393. The molecule has 0 aliphatic carbocycles. The van der Waals surface area contributed by atoms with Gasteiger partial charge in [-0.05, 0) is 55.0 Å². The average Bonchev–Trinajstić information content (AvgIpc) is 2.87. The molecule has 184 valence electrons. The highest BCUT2D eigenvalue weighted by Gasteiger charge is 2.26.